The van der Waals surface area contributed by atoms with Gasteiger partial charge in [0.25, 0.3) is 0 Å². The number of hydrogen-bond acceptors (Lipinski definition) is 4. The third-order valence-corrected chi connectivity index (χ3v) is 7.36. The molecule has 0 aliphatic rings. The number of rotatable bonds is 6. The minimum absolute atomic E-state index is 0. The summed E-state index contributed by atoms with van der Waals surface area (Å²) in [5, 5.41) is 0. The number of aromatic nitrogens is 2. The van der Waals surface area contributed by atoms with Crippen LogP contribution >= 0.6 is 124 Å². The SMILES string of the molecule is C.NC(Cc1cc(F)cc(F)c1)c1nc(Br)ccc1Br.N[C@@H](Cc1cc(F)cc(F)c1)c1nc(Br)ccc1Br.[I][V]([I])[I]. The number of nitrogens with two attached hydrogens (primary N) is 2. The number of hydrogen-bond donors (Lipinski definition) is 2. The first kappa shape index (κ1) is 42.1. The molecule has 16 heteroatoms. The van der Waals surface area contributed by atoms with E-state index < -0.39 is 35.4 Å². The molecule has 1 unspecified atom stereocenters. The Labute approximate surface area is 320 Å². The van der Waals surface area contributed by atoms with Crippen LogP contribution in [0, 0.1) is 23.3 Å². The van der Waals surface area contributed by atoms with Gasteiger partial charge in [-0.2, -0.15) is 0 Å². The van der Waals surface area contributed by atoms with E-state index in [0.29, 0.717) is 44.6 Å². The molecular weight excluding hydrogens is 1210 g/mol. The zero-order valence-electron chi connectivity index (χ0n) is 21.0. The van der Waals surface area contributed by atoms with Crippen molar-refractivity contribution >= 4 is 124 Å². The molecule has 0 aliphatic carbocycles. The predicted molar refractivity (Wildman–Crippen MR) is 202 cm³/mol. The molecule has 2 aromatic carbocycles. The van der Waals surface area contributed by atoms with Gasteiger partial charge in [0, 0.05) is 21.1 Å². The van der Waals surface area contributed by atoms with E-state index in [4.69, 9.17) is 11.5 Å². The maximum absolute atomic E-state index is 13.1. The van der Waals surface area contributed by atoms with Crippen molar-refractivity contribution in [2.45, 2.75) is 32.4 Å². The second kappa shape index (κ2) is 21.1. The van der Waals surface area contributed by atoms with E-state index in [9.17, 15) is 17.6 Å². The number of halogens is 11. The second-order valence-corrected chi connectivity index (χ2v) is 47.1. The molecule has 0 saturated heterocycles. The molecule has 0 spiro atoms. The fourth-order valence-electron chi connectivity index (χ4n) is 3.54. The van der Waals surface area contributed by atoms with E-state index in [1.807, 2.05) is 12.1 Å². The quantitative estimate of drug-likeness (QED) is 0.115. The van der Waals surface area contributed by atoms with Gasteiger partial charge in [-0.25, -0.2) is 27.5 Å². The average molecular weight is 1230 g/mol. The van der Waals surface area contributed by atoms with Crippen molar-refractivity contribution in [2.75, 3.05) is 0 Å². The van der Waals surface area contributed by atoms with Crippen molar-refractivity contribution in [2.24, 2.45) is 11.5 Å². The van der Waals surface area contributed by atoms with Crippen molar-refractivity contribution in [3.05, 3.63) is 125 Å². The summed E-state index contributed by atoms with van der Waals surface area (Å²) in [6.45, 7) is 0. The van der Waals surface area contributed by atoms with Crippen molar-refractivity contribution in [3.63, 3.8) is 0 Å². The Hall–Kier alpha value is 1.07. The molecule has 0 saturated carbocycles. The number of pyridine rings is 2. The van der Waals surface area contributed by atoms with Crippen molar-refractivity contribution in [1.29, 1.82) is 0 Å². The zero-order chi connectivity index (χ0) is 31.6. The monoisotopic (exact) mass is 1230 g/mol. The summed E-state index contributed by atoms with van der Waals surface area (Å²) < 4.78 is 55.3. The van der Waals surface area contributed by atoms with Crippen LogP contribution < -0.4 is 11.5 Å². The molecule has 0 fully saturated rings. The van der Waals surface area contributed by atoms with Gasteiger partial charge < -0.3 is 11.5 Å². The third kappa shape index (κ3) is 16.2. The summed E-state index contributed by atoms with van der Waals surface area (Å²) in [7, 11) is 0. The fourth-order valence-corrected chi connectivity index (χ4v) is 5.22. The van der Waals surface area contributed by atoms with Crippen LogP contribution in [0.3, 0.4) is 0 Å². The van der Waals surface area contributed by atoms with Crippen LogP contribution in [0.15, 0.2) is 78.8 Å². The standard InChI is InChI=1S/2C13H10Br2F2N2.CH4.3HI.V/c2*14-10-1-2-12(15)19-13(10)11(18)5-7-3-8(16)6-9(17)4-7;;;;;/h2*1-4,6,11H,5,18H2;1H4;3*1H;/q;;;;;;+3/p-3/t11-;;;;;;/m0....../s1. The van der Waals surface area contributed by atoms with Gasteiger partial charge >= 0.3 is 64.9 Å². The summed E-state index contributed by atoms with van der Waals surface area (Å²) >= 11 is 20.6. The summed E-state index contributed by atoms with van der Waals surface area (Å²) in [5.74, 6) is -2.43. The van der Waals surface area contributed by atoms with Crippen LogP contribution in [0.2, 0.25) is 0 Å². The normalized spacial score (nSPS) is 11.9. The minimum atomic E-state index is -0.608. The molecule has 0 bridgehead atoms. The summed E-state index contributed by atoms with van der Waals surface area (Å²) in [4.78, 5) is 8.26. The van der Waals surface area contributed by atoms with Crippen molar-refractivity contribution in [1.82, 2.24) is 9.97 Å². The van der Waals surface area contributed by atoms with E-state index in [1.165, 1.54) is 24.3 Å². The van der Waals surface area contributed by atoms with Crippen LogP contribution in [0.5, 0.6) is 0 Å². The maximum atomic E-state index is 13.1. The Morgan fingerprint density at radius 3 is 1.16 bits per heavy atom. The molecule has 0 amide bonds. The van der Waals surface area contributed by atoms with E-state index in [0.717, 1.165) is 21.1 Å². The van der Waals surface area contributed by atoms with Gasteiger partial charge in [0.05, 0.1) is 23.5 Å². The molecule has 234 valence electrons. The van der Waals surface area contributed by atoms with Crippen LogP contribution in [0.4, 0.5) is 17.6 Å². The third-order valence-electron chi connectivity index (χ3n) is 5.14. The Morgan fingerprint density at radius 2 is 0.884 bits per heavy atom. The Kier molecular flexibility index (Phi) is 20.7. The van der Waals surface area contributed by atoms with E-state index in [1.54, 1.807) is 12.1 Å². The average Bonchev–Trinajstić information content (AvgIpc) is 2.85. The Bertz CT molecular complexity index is 1340. The first-order valence-electron chi connectivity index (χ1n) is 11.5. The molecule has 4 N–H and O–H groups in total. The first-order chi connectivity index (χ1) is 19.6. The molecule has 4 nitrogen and oxygen atoms in total. The van der Waals surface area contributed by atoms with Gasteiger partial charge in [0.15, 0.2) is 0 Å². The molecule has 43 heavy (non-hydrogen) atoms. The van der Waals surface area contributed by atoms with E-state index in [2.05, 4.69) is 134 Å². The molecule has 2 atom stereocenters. The molecule has 2 heterocycles. The molecule has 4 aromatic rings. The Balaban J connectivity index is 0.000000375. The van der Waals surface area contributed by atoms with Crippen LogP contribution in [0.1, 0.15) is 42.0 Å². The molecule has 0 aliphatic heterocycles. The topological polar surface area (TPSA) is 77.8 Å². The van der Waals surface area contributed by atoms with Crippen molar-refractivity contribution in [3.8, 4) is 0 Å². The number of nitrogens with zero attached hydrogens (tertiary/aromatic N) is 2. The van der Waals surface area contributed by atoms with Gasteiger partial charge in [-0.1, -0.05) is 7.43 Å². The van der Waals surface area contributed by atoms with E-state index >= 15 is 0 Å². The molecular formula is C27H24Br4F4I3N4V. The van der Waals surface area contributed by atoms with Crippen LogP contribution in [-0.2, 0) is 17.8 Å². The van der Waals surface area contributed by atoms with Gasteiger partial charge in [0.2, 0.25) is 0 Å². The van der Waals surface area contributed by atoms with Gasteiger partial charge in [-0.05, 0) is 136 Å². The van der Waals surface area contributed by atoms with Crippen molar-refractivity contribution < 1.29 is 22.5 Å². The predicted octanol–water partition coefficient (Wildman–Crippen LogP) is 11.5. The summed E-state index contributed by atoms with van der Waals surface area (Å²) in [5.41, 5.74) is 14.4. The van der Waals surface area contributed by atoms with Gasteiger partial charge in [-0.3, -0.25) is 0 Å². The molecule has 4 rings (SSSR count). The second-order valence-electron chi connectivity index (χ2n) is 8.37. The zero-order valence-corrected chi connectivity index (χ0v) is 35.2. The Morgan fingerprint density at radius 1 is 0.605 bits per heavy atom. The first-order valence-corrected chi connectivity index (χ1v) is 28.2. The summed E-state index contributed by atoms with van der Waals surface area (Å²) in [6.07, 6.45) is 0.605. The van der Waals surface area contributed by atoms with Crippen LogP contribution in [-0.4, -0.2) is 9.97 Å². The van der Waals surface area contributed by atoms with Gasteiger partial charge in [-0.15, -0.1) is 0 Å². The van der Waals surface area contributed by atoms with Crippen LogP contribution in [0.25, 0.3) is 0 Å². The summed E-state index contributed by atoms with van der Waals surface area (Å²) in [6, 6.07) is 13.1. The van der Waals surface area contributed by atoms with Gasteiger partial charge in [0.1, 0.15) is 32.5 Å². The number of benzene rings is 2. The fraction of sp³-hybridized carbons (Fsp3) is 0.185. The molecule has 0 radical (unpaired) electrons. The van der Waals surface area contributed by atoms with E-state index in [-0.39, 0.29) is 12.3 Å². The molecule has 2 aromatic heterocycles.